The van der Waals surface area contributed by atoms with Crippen LogP contribution in [0.5, 0.6) is 0 Å². The molecule has 1 aliphatic heterocycles. The summed E-state index contributed by atoms with van der Waals surface area (Å²) in [6.07, 6.45) is 7.65. The Morgan fingerprint density at radius 2 is 1.96 bits per heavy atom. The molecule has 2 fully saturated rings. The highest BCUT2D eigenvalue weighted by Gasteiger charge is 2.27. The molecule has 2 N–H and O–H groups in total. The molecule has 2 aromatic rings. The molecule has 2 aliphatic rings. The van der Waals surface area contributed by atoms with Crippen molar-refractivity contribution in [2.75, 3.05) is 31.6 Å². The Kier molecular flexibility index (Phi) is 5.45. The predicted octanol–water partition coefficient (Wildman–Crippen LogP) is 3.35. The molecule has 1 saturated carbocycles. The maximum Gasteiger partial charge on any atom is 0.137 e. The number of fused-ring (bicyclic) bond motifs is 1. The molecule has 0 atom stereocenters. The van der Waals surface area contributed by atoms with Crippen molar-refractivity contribution in [2.45, 2.75) is 37.8 Å². The number of hydrogen-bond acceptors (Lipinski definition) is 6. The maximum absolute atomic E-state index is 7.43. The lowest BCUT2D eigenvalue weighted by molar-refractivity contribution is 0.00791. The molecule has 0 bridgehead atoms. The molecule has 2 heterocycles. The number of allylic oxidation sites excluding steroid dienone is 1. The molecule has 6 nitrogen and oxygen atoms in total. The Labute approximate surface area is 160 Å². The van der Waals surface area contributed by atoms with Gasteiger partial charge in [0, 0.05) is 36.8 Å². The molecule has 6 heteroatoms. The van der Waals surface area contributed by atoms with E-state index in [1.165, 1.54) is 19.1 Å². The summed E-state index contributed by atoms with van der Waals surface area (Å²) in [6.45, 7) is 7.81. The molecule has 1 saturated heterocycles. The summed E-state index contributed by atoms with van der Waals surface area (Å²) < 4.78 is 5.48. The number of benzene rings is 1. The van der Waals surface area contributed by atoms with E-state index in [0.717, 1.165) is 61.4 Å². The minimum Gasteiger partial charge on any atom is -0.379 e. The van der Waals surface area contributed by atoms with Gasteiger partial charge in [0.25, 0.3) is 0 Å². The summed E-state index contributed by atoms with van der Waals surface area (Å²) in [7, 11) is 0. The fourth-order valence-corrected chi connectivity index (χ4v) is 4.18. The minimum absolute atomic E-state index is 0.440. The lowest BCUT2D eigenvalue weighted by atomic mass is 9.90. The molecular weight excluding hydrogens is 338 g/mol. The molecule has 0 amide bonds. The van der Waals surface area contributed by atoms with Gasteiger partial charge < -0.3 is 15.5 Å². The van der Waals surface area contributed by atoms with Gasteiger partial charge in [-0.05, 0) is 49.0 Å². The number of aromatic nitrogens is 2. The van der Waals surface area contributed by atoms with Crippen LogP contribution in [-0.4, -0.2) is 59.5 Å². The summed E-state index contributed by atoms with van der Waals surface area (Å²) >= 11 is 0. The van der Waals surface area contributed by atoms with Gasteiger partial charge >= 0.3 is 0 Å². The van der Waals surface area contributed by atoms with E-state index >= 15 is 0 Å². The van der Waals surface area contributed by atoms with Gasteiger partial charge in [0.15, 0.2) is 0 Å². The van der Waals surface area contributed by atoms with E-state index in [1.807, 2.05) is 18.2 Å². The molecule has 0 spiro atoms. The SMILES string of the molecule is C=C(C=N)c1ccc2ncnc(NC3CCC(N4CCOCC4)CC3)c2c1. The fourth-order valence-electron chi connectivity index (χ4n) is 4.18. The summed E-state index contributed by atoms with van der Waals surface area (Å²) in [6, 6.07) is 7.10. The summed E-state index contributed by atoms with van der Waals surface area (Å²) in [5, 5.41) is 12.1. The van der Waals surface area contributed by atoms with Crippen LogP contribution in [0.1, 0.15) is 31.2 Å². The molecule has 27 heavy (non-hydrogen) atoms. The van der Waals surface area contributed by atoms with Gasteiger partial charge in [-0.25, -0.2) is 9.97 Å². The van der Waals surface area contributed by atoms with Crippen LogP contribution in [0.4, 0.5) is 5.82 Å². The molecule has 1 aromatic carbocycles. The lowest BCUT2D eigenvalue weighted by Crippen LogP contribution is -2.46. The van der Waals surface area contributed by atoms with Crippen molar-refractivity contribution in [3.63, 3.8) is 0 Å². The molecule has 1 aliphatic carbocycles. The minimum atomic E-state index is 0.440. The smallest absolute Gasteiger partial charge is 0.137 e. The first kappa shape index (κ1) is 18.1. The monoisotopic (exact) mass is 365 g/mol. The summed E-state index contributed by atoms with van der Waals surface area (Å²) in [4.78, 5) is 11.5. The van der Waals surface area contributed by atoms with E-state index in [1.54, 1.807) is 6.33 Å². The zero-order valence-electron chi connectivity index (χ0n) is 15.7. The summed E-state index contributed by atoms with van der Waals surface area (Å²) in [5.74, 6) is 0.884. The number of nitrogens with one attached hydrogen (secondary N) is 2. The first-order valence-corrected chi connectivity index (χ1v) is 9.77. The van der Waals surface area contributed by atoms with Gasteiger partial charge in [0.05, 0.1) is 18.7 Å². The van der Waals surface area contributed by atoms with Crippen LogP contribution in [-0.2, 0) is 4.74 Å². The number of hydrogen-bond donors (Lipinski definition) is 2. The van der Waals surface area contributed by atoms with Crippen LogP contribution in [0.2, 0.25) is 0 Å². The van der Waals surface area contributed by atoms with Crippen LogP contribution in [0.25, 0.3) is 16.5 Å². The summed E-state index contributed by atoms with van der Waals surface area (Å²) in [5.41, 5.74) is 2.54. The lowest BCUT2D eigenvalue weighted by Gasteiger charge is -2.39. The van der Waals surface area contributed by atoms with Crippen molar-refractivity contribution in [2.24, 2.45) is 0 Å². The van der Waals surface area contributed by atoms with E-state index < -0.39 is 0 Å². The maximum atomic E-state index is 7.43. The largest absolute Gasteiger partial charge is 0.379 e. The van der Waals surface area contributed by atoms with Crippen LogP contribution < -0.4 is 5.32 Å². The van der Waals surface area contributed by atoms with Gasteiger partial charge in [-0.1, -0.05) is 12.6 Å². The van der Waals surface area contributed by atoms with E-state index in [4.69, 9.17) is 10.1 Å². The average molecular weight is 365 g/mol. The third kappa shape index (κ3) is 4.01. The van der Waals surface area contributed by atoms with Crippen molar-refractivity contribution in [3.05, 3.63) is 36.7 Å². The second-order valence-corrected chi connectivity index (χ2v) is 7.42. The van der Waals surface area contributed by atoms with Crippen LogP contribution in [0.15, 0.2) is 31.1 Å². The third-order valence-electron chi connectivity index (χ3n) is 5.78. The highest BCUT2D eigenvalue weighted by molar-refractivity contribution is 6.08. The molecule has 142 valence electrons. The molecular formula is C21H27N5O. The predicted molar refractivity (Wildman–Crippen MR) is 109 cm³/mol. The normalized spacial score (nSPS) is 23.9. The van der Waals surface area contributed by atoms with Crippen molar-refractivity contribution < 1.29 is 4.74 Å². The second-order valence-electron chi connectivity index (χ2n) is 7.42. The number of morpholine rings is 1. The van der Waals surface area contributed by atoms with Crippen molar-refractivity contribution in [1.29, 1.82) is 5.41 Å². The quantitative estimate of drug-likeness (QED) is 0.795. The highest BCUT2D eigenvalue weighted by atomic mass is 16.5. The Hall–Kier alpha value is -2.31. The molecule has 1 aromatic heterocycles. The van der Waals surface area contributed by atoms with Crippen molar-refractivity contribution in [3.8, 4) is 0 Å². The van der Waals surface area contributed by atoms with Gasteiger partial charge in [-0.3, -0.25) is 4.90 Å². The van der Waals surface area contributed by atoms with E-state index in [2.05, 4.69) is 26.8 Å². The zero-order valence-corrected chi connectivity index (χ0v) is 15.7. The Morgan fingerprint density at radius 1 is 1.19 bits per heavy atom. The number of ether oxygens (including phenoxy) is 1. The Bertz CT molecular complexity index is 822. The second kappa shape index (κ2) is 8.15. The van der Waals surface area contributed by atoms with E-state index in [-0.39, 0.29) is 0 Å². The molecule has 0 radical (unpaired) electrons. The zero-order chi connectivity index (χ0) is 18.6. The number of anilines is 1. The third-order valence-corrected chi connectivity index (χ3v) is 5.78. The first-order valence-electron chi connectivity index (χ1n) is 9.77. The van der Waals surface area contributed by atoms with Gasteiger partial charge in [-0.15, -0.1) is 0 Å². The van der Waals surface area contributed by atoms with Crippen molar-refractivity contribution >= 4 is 28.5 Å². The molecule has 0 unspecified atom stereocenters. The Morgan fingerprint density at radius 3 is 2.70 bits per heavy atom. The van der Waals surface area contributed by atoms with Crippen LogP contribution in [0, 0.1) is 5.41 Å². The number of nitrogens with zero attached hydrogens (tertiary/aromatic N) is 3. The first-order chi connectivity index (χ1) is 13.2. The topological polar surface area (TPSA) is 74.1 Å². The van der Waals surface area contributed by atoms with E-state index in [0.29, 0.717) is 17.7 Å². The average Bonchev–Trinajstić information content (AvgIpc) is 2.74. The fraction of sp³-hybridized carbons (Fsp3) is 0.476. The van der Waals surface area contributed by atoms with Crippen LogP contribution >= 0.6 is 0 Å². The number of rotatable bonds is 5. The van der Waals surface area contributed by atoms with Crippen LogP contribution in [0.3, 0.4) is 0 Å². The Balaban J connectivity index is 1.45. The highest BCUT2D eigenvalue weighted by Crippen LogP contribution is 2.29. The van der Waals surface area contributed by atoms with Gasteiger partial charge in [0.2, 0.25) is 0 Å². The standard InChI is InChI=1S/C21H27N5O/c1-15(13-22)16-2-7-20-19(12-16)21(24-14-23-20)25-17-3-5-18(6-4-17)26-8-10-27-11-9-26/h2,7,12-14,17-18,22H,1,3-6,8-11H2,(H,23,24,25). The van der Waals surface area contributed by atoms with Gasteiger partial charge in [-0.2, -0.15) is 0 Å². The molecule has 4 rings (SSSR count). The van der Waals surface area contributed by atoms with Gasteiger partial charge in [0.1, 0.15) is 12.1 Å². The van der Waals surface area contributed by atoms with E-state index in [9.17, 15) is 0 Å². The van der Waals surface area contributed by atoms with Crippen molar-refractivity contribution in [1.82, 2.24) is 14.9 Å².